The van der Waals surface area contributed by atoms with Gasteiger partial charge in [-0.1, -0.05) is 34.1 Å². The van der Waals surface area contributed by atoms with E-state index in [0.717, 1.165) is 15.7 Å². The molecular formula is C18H18BrN3O2S. The van der Waals surface area contributed by atoms with Crippen molar-refractivity contribution in [3.8, 4) is 5.69 Å². The van der Waals surface area contributed by atoms with E-state index in [2.05, 4.69) is 25.6 Å². The molecule has 3 aromatic rings. The third-order valence-electron chi connectivity index (χ3n) is 3.97. The maximum atomic E-state index is 12.7. The molecule has 0 amide bonds. The summed E-state index contributed by atoms with van der Waals surface area (Å²) in [6.07, 6.45) is 5.29. The number of nitrogens with one attached hydrogen (secondary N) is 1. The third kappa shape index (κ3) is 4.00. The molecule has 1 heterocycles. The molecule has 1 aromatic heterocycles. The van der Waals surface area contributed by atoms with Crippen molar-refractivity contribution in [3.63, 3.8) is 0 Å². The maximum Gasteiger partial charge on any atom is 0.241 e. The molecule has 25 heavy (non-hydrogen) atoms. The van der Waals surface area contributed by atoms with Crippen LogP contribution in [0, 0.1) is 6.92 Å². The van der Waals surface area contributed by atoms with Crippen molar-refractivity contribution in [3.05, 3.63) is 76.8 Å². The van der Waals surface area contributed by atoms with Gasteiger partial charge < -0.3 is 4.57 Å². The second-order valence-electron chi connectivity index (χ2n) is 5.81. The molecule has 0 fully saturated rings. The van der Waals surface area contributed by atoms with Crippen LogP contribution >= 0.6 is 15.9 Å². The molecule has 0 saturated heterocycles. The van der Waals surface area contributed by atoms with E-state index >= 15 is 0 Å². The number of halogens is 1. The average Bonchev–Trinajstić information content (AvgIpc) is 3.11. The number of aryl methyl sites for hydroxylation is 1. The zero-order valence-corrected chi connectivity index (χ0v) is 16.3. The fourth-order valence-electron chi connectivity index (χ4n) is 2.57. The number of rotatable bonds is 5. The van der Waals surface area contributed by atoms with Crippen LogP contribution in [-0.4, -0.2) is 18.0 Å². The second-order valence-corrected chi connectivity index (χ2v) is 8.41. The van der Waals surface area contributed by atoms with Gasteiger partial charge in [-0.2, -0.15) is 0 Å². The van der Waals surface area contributed by atoms with Crippen molar-refractivity contribution in [1.29, 1.82) is 0 Å². The Morgan fingerprint density at radius 1 is 1.16 bits per heavy atom. The molecule has 0 aliphatic heterocycles. The lowest BCUT2D eigenvalue weighted by molar-refractivity contribution is 0.566. The fourth-order valence-corrected chi connectivity index (χ4v) is 4.59. The topological polar surface area (TPSA) is 64.0 Å². The van der Waals surface area contributed by atoms with Crippen molar-refractivity contribution < 1.29 is 8.42 Å². The summed E-state index contributed by atoms with van der Waals surface area (Å²) in [5.41, 5.74) is 2.57. The van der Waals surface area contributed by atoms with Gasteiger partial charge >= 0.3 is 0 Å². The Labute approximate surface area is 155 Å². The summed E-state index contributed by atoms with van der Waals surface area (Å²) >= 11 is 3.33. The minimum atomic E-state index is -3.61. The van der Waals surface area contributed by atoms with Gasteiger partial charge in [0.2, 0.25) is 10.0 Å². The Morgan fingerprint density at radius 3 is 2.52 bits per heavy atom. The Balaban J connectivity index is 1.81. The largest absolute Gasteiger partial charge is 0.306 e. The number of hydrogen-bond acceptors (Lipinski definition) is 3. The molecule has 2 aromatic carbocycles. The van der Waals surface area contributed by atoms with Gasteiger partial charge in [0.05, 0.1) is 11.2 Å². The van der Waals surface area contributed by atoms with Gasteiger partial charge in [0.1, 0.15) is 0 Å². The van der Waals surface area contributed by atoms with Crippen LogP contribution in [-0.2, 0) is 10.0 Å². The van der Waals surface area contributed by atoms with Gasteiger partial charge in [0, 0.05) is 28.6 Å². The Kier molecular flexibility index (Phi) is 5.08. The molecule has 0 bridgehead atoms. The molecule has 0 radical (unpaired) electrons. The van der Waals surface area contributed by atoms with E-state index < -0.39 is 10.0 Å². The van der Waals surface area contributed by atoms with E-state index in [1.54, 1.807) is 31.6 Å². The highest BCUT2D eigenvalue weighted by Crippen LogP contribution is 2.23. The number of nitrogens with zero attached hydrogens (tertiary/aromatic N) is 2. The van der Waals surface area contributed by atoms with Gasteiger partial charge in [-0.15, -0.1) is 0 Å². The highest BCUT2D eigenvalue weighted by molar-refractivity contribution is 9.10. The SMILES string of the molecule is Cc1ccc(Br)cc1S(=O)(=O)N[C@H](C)c1ccc(-n2ccnc2)cc1. The zero-order valence-electron chi connectivity index (χ0n) is 13.8. The van der Waals surface area contributed by atoms with E-state index in [4.69, 9.17) is 0 Å². The molecule has 3 rings (SSSR count). The number of imidazole rings is 1. The predicted octanol–water partition coefficient (Wildman–Crippen LogP) is 3.98. The van der Waals surface area contributed by atoms with Gasteiger partial charge in [-0.3, -0.25) is 0 Å². The third-order valence-corrected chi connectivity index (χ3v) is 6.14. The summed E-state index contributed by atoms with van der Waals surface area (Å²) in [5.74, 6) is 0. The van der Waals surface area contributed by atoms with E-state index in [9.17, 15) is 8.42 Å². The van der Waals surface area contributed by atoms with Crippen LogP contribution in [0.1, 0.15) is 24.1 Å². The van der Waals surface area contributed by atoms with Gasteiger partial charge in [-0.25, -0.2) is 18.1 Å². The molecule has 1 N–H and O–H groups in total. The van der Waals surface area contributed by atoms with Crippen molar-refractivity contribution >= 4 is 26.0 Å². The molecule has 0 aliphatic carbocycles. The highest BCUT2D eigenvalue weighted by atomic mass is 79.9. The maximum absolute atomic E-state index is 12.7. The van der Waals surface area contributed by atoms with Gasteiger partial charge in [0.15, 0.2) is 0 Å². The quantitative estimate of drug-likeness (QED) is 0.679. The van der Waals surface area contributed by atoms with Crippen molar-refractivity contribution in [2.45, 2.75) is 24.8 Å². The first-order valence-corrected chi connectivity index (χ1v) is 10.0. The summed E-state index contributed by atoms with van der Waals surface area (Å²) in [6, 6.07) is 12.6. The van der Waals surface area contributed by atoms with Gasteiger partial charge in [-0.05, 0) is 49.2 Å². The Hall–Kier alpha value is -1.96. The molecule has 130 valence electrons. The molecule has 0 saturated carbocycles. The van der Waals surface area contributed by atoms with Crippen LogP contribution in [0.3, 0.4) is 0 Å². The van der Waals surface area contributed by atoms with Crippen LogP contribution in [0.25, 0.3) is 5.69 Å². The fraction of sp³-hybridized carbons (Fsp3) is 0.167. The smallest absolute Gasteiger partial charge is 0.241 e. The minimum Gasteiger partial charge on any atom is -0.306 e. The van der Waals surface area contributed by atoms with Crippen molar-refractivity contribution in [1.82, 2.24) is 14.3 Å². The van der Waals surface area contributed by atoms with E-state index in [0.29, 0.717) is 5.56 Å². The molecule has 0 aliphatic rings. The van der Waals surface area contributed by atoms with E-state index in [-0.39, 0.29) is 10.9 Å². The standard InChI is InChI=1S/C18H18BrN3O2S/c1-13-3-6-16(19)11-18(13)25(23,24)21-14(2)15-4-7-17(8-5-15)22-10-9-20-12-22/h3-12,14,21H,1-2H3/t14-/m1/s1. The lowest BCUT2D eigenvalue weighted by Crippen LogP contribution is -2.27. The van der Waals surface area contributed by atoms with Crippen LogP contribution < -0.4 is 4.72 Å². The number of hydrogen-bond donors (Lipinski definition) is 1. The second kappa shape index (κ2) is 7.11. The molecular weight excluding hydrogens is 402 g/mol. The van der Waals surface area contributed by atoms with E-state index in [1.807, 2.05) is 48.0 Å². The summed E-state index contributed by atoms with van der Waals surface area (Å²) in [5, 5.41) is 0. The van der Waals surface area contributed by atoms with Crippen LogP contribution in [0.4, 0.5) is 0 Å². The molecule has 0 spiro atoms. The number of sulfonamides is 1. The lowest BCUT2D eigenvalue weighted by atomic mass is 10.1. The first kappa shape index (κ1) is 17.8. The first-order chi connectivity index (χ1) is 11.9. The summed E-state index contributed by atoms with van der Waals surface area (Å²) in [6.45, 7) is 3.61. The van der Waals surface area contributed by atoms with Gasteiger partial charge in [0.25, 0.3) is 0 Å². The normalized spacial score (nSPS) is 12.9. The molecule has 5 nitrogen and oxygen atoms in total. The zero-order chi connectivity index (χ0) is 18.0. The lowest BCUT2D eigenvalue weighted by Gasteiger charge is -2.16. The molecule has 7 heteroatoms. The molecule has 0 unspecified atom stereocenters. The Morgan fingerprint density at radius 2 is 1.88 bits per heavy atom. The molecule has 1 atom stereocenters. The number of benzene rings is 2. The minimum absolute atomic E-state index is 0.281. The van der Waals surface area contributed by atoms with E-state index in [1.165, 1.54) is 0 Å². The van der Waals surface area contributed by atoms with Crippen LogP contribution in [0.15, 0.2) is 70.6 Å². The van der Waals surface area contributed by atoms with Crippen LogP contribution in [0.5, 0.6) is 0 Å². The summed E-state index contributed by atoms with van der Waals surface area (Å²) in [4.78, 5) is 4.30. The average molecular weight is 420 g/mol. The summed E-state index contributed by atoms with van der Waals surface area (Å²) < 4.78 is 30.8. The first-order valence-electron chi connectivity index (χ1n) is 7.73. The highest BCUT2D eigenvalue weighted by Gasteiger charge is 2.20. The number of aromatic nitrogens is 2. The van der Waals surface area contributed by atoms with Crippen molar-refractivity contribution in [2.24, 2.45) is 0 Å². The van der Waals surface area contributed by atoms with Crippen molar-refractivity contribution in [2.75, 3.05) is 0 Å². The Bertz CT molecular complexity index is 968. The predicted molar refractivity (Wildman–Crippen MR) is 101 cm³/mol. The monoisotopic (exact) mass is 419 g/mol. The summed E-state index contributed by atoms with van der Waals surface area (Å²) in [7, 11) is -3.61. The van der Waals surface area contributed by atoms with Crippen LogP contribution in [0.2, 0.25) is 0 Å².